The van der Waals surface area contributed by atoms with E-state index in [1.54, 1.807) is 4.57 Å². The van der Waals surface area contributed by atoms with Gasteiger partial charge < -0.3 is 15.6 Å². The second-order valence-corrected chi connectivity index (χ2v) is 6.16. The van der Waals surface area contributed by atoms with Gasteiger partial charge >= 0.3 is 5.69 Å². The molecule has 0 atom stereocenters. The zero-order chi connectivity index (χ0) is 14.7. The lowest BCUT2D eigenvalue weighted by Gasteiger charge is -2.27. The van der Waals surface area contributed by atoms with Crippen molar-refractivity contribution < 1.29 is 0 Å². The highest BCUT2D eigenvalue weighted by molar-refractivity contribution is 7.99. The monoisotopic (exact) mass is 305 g/mol. The molecule has 3 rings (SSSR count). The number of benzene rings is 1. The van der Waals surface area contributed by atoms with E-state index in [0.717, 1.165) is 35.6 Å². The lowest BCUT2D eigenvalue weighted by molar-refractivity contribution is 0.455. The number of nitrogens with two attached hydrogens (primary N) is 1. The summed E-state index contributed by atoms with van der Waals surface area (Å²) in [5.74, 6) is 2.78. The molecule has 1 fully saturated rings. The summed E-state index contributed by atoms with van der Waals surface area (Å²) in [5.41, 5.74) is 7.67. The van der Waals surface area contributed by atoms with E-state index < -0.39 is 0 Å². The number of nitrogens with one attached hydrogen (secondary N) is 1. The summed E-state index contributed by atoms with van der Waals surface area (Å²) in [6.07, 6.45) is 0. The summed E-state index contributed by atoms with van der Waals surface area (Å²) < 4.78 is 1.71. The normalized spacial score (nSPS) is 16.6. The average molecular weight is 305 g/mol. The Bertz CT molecular complexity index is 699. The SMILES string of the molecule is NC(=NCCn1c(=O)[nH]c2ccccc21)N1CCSCC1. The van der Waals surface area contributed by atoms with Gasteiger partial charge in [0.15, 0.2) is 5.96 Å². The van der Waals surface area contributed by atoms with Crippen LogP contribution in [-0.2, 0) is 6.54 Å². The number of hydrogen-bond acceptors (Lipinski definition) is 3. The number of nitrogens with zero attached hydrogens (tertiary/aromatic N) is 3. The summed E-state index contributed by atoms with van der Waals surface area (Å²) in [5, 5.41) is 0. The fourth-order valence-corrected chi connectivity index (χ4v) is 3.39. The molecule has 0 aliphatic carbocycles. The van der Waals surface area contributed by atoms with E-state index >= 15 is 0 Å². The van der Waals surface area contributed by atoms with E-state index in [9.17, 15) is 4.79 Å². The van der Waals surface area contributed by atoms with Crippen molar-refractivity contribution in [2.45, 2.75) is 6.54 Å². The van der Waals surface area contributed by atoms with Crippen molar-refractivity contribution in [1.82, 2.24) is 14.5 Å². The molecule has 0 saturated carbocycles. The van der Waals surface area contributed by atoms with Crippen LogP contribution in [0, 0.1) is 0 Å². The molecule has 1 aromatic heterocycles. The third-order valence-corrected chi connectivity index (χ3v) is 4.56. The van der Waals surface area contributed by atoms with Gasteiger partial charge in [-0.3, -0.25) is 9.56 Å². The van der Waals surface area contributed by atoms with Crippen LogP contribution in [0.15, 0.2) is 34.1 Å². The van der Waals surface area contributed by atoms with E-state index in [2.05, 4.69) is 14.9 Å². The highest BCUT2D eigenvalue weighted by Gasteiger charge is 2.12. The van der Waals surface area contributed by atoms with E-state index in [0.29, 0.717) is 19.0 Å². The van der Waals surface area contributed by atoms with E-state index in [4.69, 9.17) is 5.73 Å². The number of aliphatic imine (C=N–C) groups is 1. The summed E-state index contributed by atoms with van der Waals surface area (Å²) >= 11 is 1.94. The minimum atomic E-state index is -0.0978. The minimum absolute atomic E-state index is 0.0978. The lowest BCUT2D eigenvalue weighted by Crippen LogP contribution is -2.42. The quantitative estimate of drug-likeness (QED) is 0.646. The number of para-hydroxylation sites is 2. The number of H-pyrrole nitrogens is 1. The van der Waals surface area contributed by atoms with E-state index in [-0.39, 0.29) is 5.69 Å². The molecule has 0 unspecified atom stereocenters. The van der Waals surface area contributed by atoms with Crippen molar-refractivity contribution in [2.24, 2.45) is 10.7 Å². The zero-order valence-electron chi connectivity index (χ0n) is 11.8. The van der Waals surface area contributed by atoms with Crippen molar-refractivity contribution in [3.05, 3.63) is 34.7 Å². The molecule has 1 aliphatic heterocycles. The fourth-order valence-electron chi connectivity index (χ4n) is 2.49. The summed E-state index contributed by atoms with van der Waals surface area (Å²) in [6.45, 7) is 2.95. The molecule has 21 heavy (non-hydrogen) atoms. The first kappa shape index (κ1) is 14.1. The molecule has 7 heteroatoms. The third kappa shape index (κ3) is 3.07. The zero-order valence-corrected chi connectivity index (χ0v) is 12.6. The maximum atomic E-state index is 11.9. The number of fused-ring (bicyclic) bond motifs is 1. The molecule has 0 amide bonds. The molecule has 2 heterocycles. The van der Waals surface area contributed by atoms with Gasteiger partial charge in [0.05, 0.1) is 17.6 Å². The Morgan fingerprint density at radius 2 is 2.10 bits per heavy atom. The van der Waals surface area contributed by atoms with Crippen LogP contribution in [0.3, 0.4) is 0 Å². The predicted octanol–water partition coefficient (Wildman–Crippen LogP) is 0.693. The molecule has 0 radical (unpaired) electrons. The van der Waals surface area contributed by atoms with Gasteiger partial charge in [-0.1, -0.05) is 12.1 Å². The van der Waals surface area contributed by atoms with Crippen molar-refractivity contribution in [1.29, 1.82) is 0 Å². The van der Waals surface area contributed by atoms with Gasteiger partial charge in [0.1, 0.15) is 0 Å². The Morgan fingerprint density at radius 3 is 2.90 bits per heavy atom. The number of rotatable bonds is 3. The second-order valence-electron chi connectivity index (χ2n) is 4.94. The van der Waals surface area contributed by atoms with Gasteiger partial charge in [-0.05, 0) is 12.1 Å². The first-order chi connectivity index (χ1) is 10.3. The van der Waals surface area contributed by atoms with Crippen LogP contribution < -0.4 is 11.4 Å². The molecular weight excluding hydrogens is 286 g/mol. The summed E-state index contributed by atoms with van der Waals surface area (Å²) in [7, 11) is 0. The number of thioether (sulfide) groups is 1. The van der Waals surface area contributed by atoms with Crippen molar-refractivity contribution in [3.63, 3.8) is 0 Å². The average Bonchev–Trinajstić information content (AvgIpc) is 2.84. The maximum Gasteiger partial charge on any atom is 0.326 e. The molecule has 2 aromatic rings. The van der Waals surface area contributed by atoms with Gasteiger partial charge in [-0.15, -0.1) is 0 Å². The smallest absolute Gasteiger partial charge is 0.326 e. The number of guanidine groups is 1. The Labute approximate surface area is 127 Å². The minimum Gasteiger partial charge on any atom is -0.370 e. The predicted molar refractivity (Wildman–Crippen MR) is 87.9 cm³/mol. The number of imidazole rings is 1. The van der Waals surface area contributed by atoms with Gasteiger partial charge in [-0.25, -0.2) is 4.79 Å². The number of aromatic amines is 1. The highest BCUT2D eigenvalue weighted by atomic mass is 32.2. The van der Waals surface area contributed by atoms with Crippen LogP contribution in [0.4, 0.5) is 0 Å². The second kappa shape index (κ2) is 6.26. The van der Waals surface area contributed by atoms with Crippen LogP contribution >= 0.6 is 11.8 Å². The van der Waals surface area contributed by atoms with Crippen LogP contribution in [0.2, 0.25) is 0 Å². The summed E-state index contributed by atoms with van der Waals surface area (Å²) in [6, 6.07) is 7.67. The largest absolute Gasteiger partial charge is 0.370 e. The molecule has 3 N–H and O–H groups in total. The molecule has 1 aromatic carbocycles. The van der Waals surface area contributed by atoms with Crippen molar-refractivity contribution in [3.8, 4) is 0 Å². The third-order valence-electron chi connectivity index (χ3n) is 3.61. The standard InChI is InChI=1S/C14H19N5OS/c15-13(18-7-9-21-10-8-18)16-5-6-19-12-4-2-1-3-11(12)17-14(19)20/h1-4H,5-10H2,(H2,15,16)(H,17,20). The van der Waals surface area contributed by atoms with Gasteiger partial charge in [0, 0.05) is 31.1 Å². The molecule has 6 nitrogen and oxygen atoms in total. The highest BCUT2D eigenvalue weighted by Crippen LogP contribution is 2.09. The van der Waals surface area contributed by atoms with Crippen LogP contribution in [-0.4, -0.2) is 51.6 Å². The van der Waals surface area contributed by atoms with E-state index in [1.165, 1.54) is 0 Å². The molecular formula is C14H19N5OS. The molecule has 1 saturated heterocycles. The maximum absolute atomic E-state index is 11.9. The molecule has 1 aliphatic rings. The Hall–Kier alpha value is -1.89. The topological polar surface area (TPSA) is 79.4 Å². The Balaban J connectivity index is 1.69. The van der Waals surface area contributed by atoms with Crippen LogP contribution in [0.1, 0.15) is 0 Å². The lowest BCUT2D eigenvalue weighted by atomic mass is 10.3. The first-order valence-electron chi connectivity index (χ1n) is 7.06. The van der Waals surface area contributed by atoms with Crippen LogP contribution in [0.25, 0.3) is 11.0 Å². The summed E-state index contributed by atoms with van der Waals surface area (Å²) in [4.78, 5) is 21.3. The number of aromatic nitrogens is 2. The molecule has 0 bridgehead atoms. The van der Waals surface area contributed by atoms with Gasteiger partial charge in [0.25, 0.3) is 0 Å². The van der Waals surface area contributed by atoms with Crippen molar-refractivity contribution >= 4 is 28.8 Å². The number of hydrogen-bond donors (Lipinski definition) is 2. The van der Waals surface area contributed by atoms with Gasteiger partial charge in [0.2, 0.25) is 0 Å². The van der Waals surface area contributed by atoms with Gasteiger partial charge in [-0.2, -0.15) is 11.8 Å². The molecule has 112 valence electrons. The van der Waals surface area contributed by atoms with E-state index in [1.807, 2.05) is 36.0 Å². The fraction of sp³-hybridized carbons (Fsp3) is 0.429. The van der Waals surface area contributed by atoms with Crippen molar-refractivity contribution in [2.75, 3.05) is 31.1 Å². The Morgan fingerprint density at radius 1 is 1.33 bits per heavy atom. The Kier molecular flexibility index (Phi) is 4.19. The first-order valence-corrected chi connectivity index (χ1v) is 8.21. The molecule has 0 spiro atoms. The van der Waals surface area contributed by atoms with Crippen LogP contribution in [0.5, 0.6) is 0 Å².